The van der Waals surface area contributed by atoms with E-state index < -0.39 is 23.2 Å². The molecule has 26 heavy (non-hydrogen) atoms. The van der Waals surface area contributed by atoms with E-state index >= 15 is 0 Å². The Kier molecular flexibility index (Phi) is 5.30. The Hall–Kier alpha value is -2.76. The number of aromatic nitrogens is 1. The van der Waals surface area contributed by atoms with Gasteiger partial charge in [0.05, 0.1) is 0 Å². The molecule has 5 nitrogen and oxygen atoms in total. The highest BCUT2D eigenvalue weighted by Gasteiger charge is 2.34. The number of hydrogen-bond acceptors (Lipinski definition) is 3. The van der Waals surface area contributed by atoms with Crippen molar-refractivity contribution in [1.82, 2.24) is 9.47 Å². The van der Waals surface area contributed by atoms with Gasteiger partial charge in [-0.1, -0.05) is 13.0 Å². The molecule has 0 bridgehead atoms. The zero-order chi connectivity index (χ0) is 18.7. The van der Waals surface area contributed by atoms with Crippen LogP contribution in [0.25, 0.3) is 0 Å². The number of likely N-dealkylation sites (tertiary alicyclic amines) is 1. The van der Waals surface area contributed by atoms with Crippen LogP contribution in [0, 0.1) is 11.7 Å². The van der Waals surface area contributed by atoms with E-state index in [9.17, 15) is 18.8 Å². The molecule has 1 fully saturated rings. The normalized spacial score (nSPS) is 16.3. The van der Waals surface area contributed by atoms with E-state index in [4.69, 9.17) is 0 Å². The number of halogens is 1. The van der Waals surface area contributed by atoms with Crippen LogP contribution in [-0.4, -0.2) is 34.2 Å². The number of Topliss-reactive ketones (excluding diaryl/α,β-unsaturated/α-hetero) is 1. The molecule has 0 aliphatic carbocycles. The lowest BCUT2D eigenvalue weighted by Crippen LogP contribution is -2.46. The Morgan fingerprint density at radius 1 is 1.08 bits per heavy atom. The maximum Gasteiger partial charge on any atom is 0.253 e. The van der Waals surface area contributed by atoms with Gasteiger partial charge in [0.15, 0.2) is 11.8 Å². The van der Waals surface area contributed by atoms with E-state index in [2.05, 4.69) is 6.92 Å². The molecule has 0 spiro atoms. The van der Waals surface area contributed by atoms with Crippen LogP contribution in [-0.2, 0) is 4.79 Å². The van der Waals surface area contributed by atoms with Crippen molar-refractivity contribution < 1.29 is 14.0 Å². The van der Waals surface area contributed by atoms with Crippen molar-refractivity contribution >= 4 is 11.7 Å². The van der Waals surface area contributed by atoms with Crippen LogP contribution >= 0.6 is 0 Å². The van der Waals surface area contributed by atoms with Gasteiger partial charge in [0.25, 0.3) is 11.5 Å². The van der Waals surface area contributed by atoms with E-state index in [-0.39, 0.29) is 11.5 Å². The first-order valence-electron chi connectivity index (χ1n) is 8.73. The third-order valence-electron chi connectivity index (χ3n) is 4.84. The van der Waals surface area contributed by atoms with Crippen LogP contribution in [0.5, 0.6) is 0 Å². The number of nitrogens with zero attached hydrogens (tertiary/aromatic N) is 2. The van der Waals surface area contributed by atoms with Crippen LogP contribution in [0.2, 0.25) is 0 Å². The summed E-state index contributed by atoms with van der Waals surface area (Å²) in [6, 6.07) is 8.23. The maximum atomic E-state index is 13.2. The Morgan fingerprint density at radius 2 is 1.73 bits per heavy atom. The minimum Gasteiger partial charge on any atom is -0.340 e. The third kappa shape index (κ3) is 3.74. The molecule has 1 unspecified atom stereocenters. The standard InChI is InChI=1S/C20H21FN2O3/c1-14-9-12-22(13-10-14)20(26)18(23-11-3-2-4-17(23)24)19(25)15-5-7-16(21)8-6-15/h2-8,11,14,18H,9-10,12-13H2,1H3. The van der Waals surface area contributed by atoms with Crippen LogP contribution < -0.4 is 5.56 Å². The van der Waals surface area contributed by atoms with Crippen LogP contribution in [0.15, 0.2) is 53.5 Å². The van der Waals surface area contributed by atoms with Gasteiger partial charge in [0.2, 0.25) is 0 Å². The third-order valence-corrected chi connectivity index (χ3v) is 4.84. The molecule has 2 heterocycles. The number of carbonyl (C=O) groups is 2. The van der Waals surface area contributed by atoms with Gasteiger partial charge in [0.1, 0.15) is 5.82 Å². The highest BCUT2D eigenvalue weighted by Crippen LogP contribution is 2.22. The Balaban J connectivity index is 1.98. The maximum absolute atomic E-state index is 13.2. The minimum atomic E-state index is -1.28. The lowest BCUT2D eigenvalue weighted by Gasteiger charge is -2.33. The summed E-state index contributed by atoms with van der Waals surface area (Å²) in [5.41, 5.74) is -0.224. The topological polar surface area (TPSA) is 59.4 Å². The first-order valence-corrected chi connectivity index (χ1v) is 8.73. The Bertz CT molecular complexity index is 852. The molecule has 1 aromatic carbocycles. The van der Waals surface area contributed by atoms with Gasteiger partial charge < -0.3 is 4.90 Å². The number of carbonyl (C=O) groups excluding carboxylic acids is 2. The fraction of sp³-hybridized carbons (Fsp3) is 0.350. The van der Waals surface area contributed by atoms with E-state index in [0.29, 0.717) is 19.0 Å². The number of piperidine rings is 1. The molecule has 3 rings (SSSR count). The molecule has 136 valence electrons. The highest BCUT2D eigenvalue weighted by molar-refractivity contribution is 6.11. The monoisotopic (exact) mass is 356 g/mol. The number of pyridine rings is 1. The van der Waals surface area contributed by atoms with E-state index in [0.717, 1.165) is 17.4 Å². The molecular weight excluding hydrogens is 335 g/mol. The molecular formula is C20H21FN2O3. The summed E-state index contributed by atoms with van der Waals surface area (Å²) in [4.78, 5) is 40.1. The van der Waals surface area contributed by atoms with Crippen molar-refractivity contribution in [1.29, 1.82) is 0 Å². The SMILES string of the molecule is CC1CCN(C(=O)C(C(=O)c2ccc(F)cc2)n2ccccc2=O)CC1. The lowest BCUT2D eigenvalue weighted by atomic mass is 9.97. The molecule has 2 aromatic rings. The van der Waals surface area contributed by atoms with Gasteiger partial charge in [-0.3, -0.25) is 19.0 Å². The van der Waals surface area contributed by atoms with Gasteiger partial charge in [0, 0.05) is 30.9 Å². The first-order chi connectivity index (χ1) is 12.5. The minimum absolute atomic E-state index is 0.200. The number of rotatable bonds is 4. The Morgan fingerprint density at radius 3 is 2.35 bits per heavy atom. The fourth-order valence-corrected chi connectivity index (χ4v) is 3.18. The quantitative estimate of drug-likeness (QED) is 0.625. The molecule has 0 N–H and O–H groups in total. The second-order valence-electron chi connectivity index (χ2n) is 6.73. The van der Waals surface area contributed by atoms with Crippen LogP contribution in [0.4, 0.5) is 4.39 Å². The van der Waals surface area contributed by atoms with Crippen molar-refractivity contribution in [3.8, 4) is 0 Å². The van der Waals surface area contributed by atoms with Crippen molar-refractivity contribution in [3.63, 3.8) is 0 Å². The molecule has 0 saturated carbocycles. The number of hydrogen-bond donors (Lipinski definition) is 0. The van der Waals surface area contributed by atoms with Crippen LogP contribution in [0.1, 0.15) is 36.2 Å². The van der Waals surface area contributed by atoms with E-state index in [1.54, 1.807) is 17.0 Å². The molecule has 1 aliphatic heterocycles. The average molecular weight is 356 g/mol. The van der Waals surface area contributed by atoms with Gasteiger partial charge in [-0.15, -0.1) is 0 Å². The van der Waals surface area contributed by atoms with Crippen molar-refractivity contribution in [2.45, 2.75) is 25.8 Å². The zero-order valence-corrected chi connectivity index (χ0v) is 14.6. The van der Waals surface area contributed by atoms with E-state index in [1.807, 2.05) is 0 Å². The van der Waals surface area contributed by atoms with Gasteiger partial charge >= 0.3 is 0 Å². The van der Waals surface area contributed by atoms with Crippen molar-refractivity contribution in [3.05, 3.63) is 70.4 Å². The summed E-state index contributed by atoms with van der Waals surface area (Å²) in [6.45, 7) is 3.26. The lowest BCUT2D eigenvalue weighted by molar-refractivity contribution is -0.134. The van der Waals surface area contributed by atoms with Crippen LogP contribution in [0.3, 0.4) is 0 Å². The Labute approximate surface area is 151 Å². The average Bonchev–Trinajstić information content (AvgIpc) is 2.64. The van der Waals surface area contributed by atoms with Gasteiger partial charge in [-0.2, -0.15) is 0 Å². The second-order valence-corrected chi connectivity index (χ2v) is 6.73. The predicted molar refractivity (Wildman–Crippen MR) is 95.4 cm³/mol. The van der Waals surface area contributed by atoms with Gasteiger partial charge in [-0.05, 0) is 49.1 Å². The molecule has 1 amide bonds. The summed E-state index contributed by atoms with van der Waals surface area (Å²) in [7, 11) is 0. The smallest absolute Gasteiger partial charge is 0.253 e. The van der Waals surface area contributed by atoms with Crippen molar-refractivity contribution in [2.24, 2.45) is 5.92 Å². The summed E-state index contributed by atoms with van der Waals surface area (Å²) in [5.74, 6) is -0.836. The fourth-order valence-electron chi connectivity index (χ4n) is 3.18. The second kappa shape index (κ2) is 7.64. The summed E-state index contributed by atoms with van der Waals surface area (Å²) < 4.78 is 14.3. The zero-order valence-electron chi connectivity index (χ0n) is 14.6. The summed E-state index contributed by atoms with van der Waals surface area (Å²) in [6.07, 6.45) is 3.18. The predicted octanol–water partition coefficient (Wildman–Crippen LogP) is 2.67. The van der Waals surface area contributed by atoms with E-state index in [1.165, 1.54) is 36.5 Å². The number of benzene rings is 1. The largest absolute Gasteiger partial charge is 0.340 e. The highest BCUT2D eigenvalue weighted by atomic mass is 19.1. The molecule has 1 aromatic heterocycles. The summed E-state index contributed by atoms with van der Waals surface area (Å²) >= 11 is 0. The molecule has 1 aliphatic rings. The first kappa shape index (κ1) is 18.0. The number of amides is 1. The molecule has 1 atom stereocenters. The van der Waals surface area contributed by atoms with Gasteiger partial charge in [-0.25, -0.2) is 4.39 Å². The molecule has 1 saturated heterocycles. The van der Waals surface area contributed by atoms with Crippen molar-refractivity contribution in [2.75, 3.05) is 13.1 Å². The number of ketones is 1. The molecule has 0 radical (unpaired) electrons. The summed E-state index contributed by atoms with van der Waals surface area (Å²) in [5, 5.41) is 0. The molecule has 6 heteroatoms.